The van der Waals surface area contributed by atoms with Crippen molar-refractivity contribution < 1.29 is 14.3 Å². The summed E-state index contributed by atoms with van der Waals surface area (Å²) in [5.74, 6) is -0.811. The zero-order chi connectivity index (χ0) is 22.2. The minimum absolute atomic E-state index is 0.0708. The number of nitrogens with one attached hydrogen (secondary N) is 1. The highest BCUT2D eigenvalue weighted by molar-refractivity contribution is 6.31. The number of hydrogen-bond acceptors (Lipinski definition) is 5. The van der Waals surface area contributed by atoms with E-state index < -0.39 is 5.97 Å². The second-order valence-corrected chi connectivity index (χ2v) is 7.63. The van der Waals surface area contributed by atoms with Gasteiger partial charge in [-0.2, -0.15) is 4.99 Å². The summed E-state index contributed by atoms with van der Waals surface area (Å²) >= 11 is 6.27. The molecule has 0 spiro atoms. The van der Waals surface area contributed by atoms with Crippen molar-refractivity contribution in [1.82, 2.24) is 15.3 Å². The number of halogens is 2. The second kappa shape index (κ2) is 7.97. The number of aliphatic carboxylic acids is 1. The van der Waals surface area contributed by atoms with E-state index in [0.29, 0.717) is 39.8 Å². The van der Waals surface area contributed by atoms with Crippen LogP contribution in [0.4, 0.5) is 10.3 Å². The number of benzene rings is 2. The fourth-order valence-corrected chi connectivity index (χ4v) is 3.82. The highest BCUT2D eigenvalue weighted by atomic mass is 35.5. The monoisotopic (exact) mass is 447 g/mol. The molecular weight excluding hydrogens is 433 g/mol. The molecule has 5 rings (SSSR count). The van der Waals surface area contributed by atoms with Crippen molar-refractivity contribution in [2.75, 3.05) is 0 Å². The van der Waals surface area contributed by atoms with E-state index in [1.54, 1.807) is 36.5 Å². The van der Waals surface area contributed by atoms with Crippen molar-refractivity contribution in [1.29, 1.82) is 0 Å². The molecule has 0 radical (unpaired) electrons. The number of hydrogen-bond donors (Lipinski definition) is 2. The lowest BCUT2D eigenvalue weighted by Crippen LogP contribution is -2.20. The molecule has 0 atom stereocenters. The number of carboxylic acids is 1. The van der Waals surface area contributed by atoms with E-state index in [2.05, 4.69) is 25.3 Å². The van der Waals surface area contributed by atoms with Gasteiger partial charge in [-0.15, -0.1) is 0 Å². The van der Waals surface area contributed by atoms with Crippen LogP contribution in [0.15, 0.2) is 70.4 Å². The van der Waals surface area contributed by atoms with Gasteiger partial charge in [0.05, 0.1) is 18.0 Å². The molecule has 0 amide bonds. The smallest absolute Gasteiger partial charge is 0.352 e. The highest BCUT2D eigenvalue weighted by Gasteiger charge is 2.23. The van der Waals surface area contributed by atoms with Gasteiger partial charge in [-0.25, -0.2) is 19.2 Å². The summed E-state index contributed by atoms with van der Waals surface area (Å²) in [6, 6.07) is 11.8. The van der Waals surface area contributed by atoms with E-state index in [4.69, 9.17) is 16.7 Å². The minimum atomic E-state index is -1.05. The first-order valence-corrected chi connectivity index (χ1v) is 10.1. The average Bonchev–Trinajstić information content (AvgIpc) is 3.19. The number of fused-ring (bicyclic) bond motifs is 3. The van der Waals surface area contributed by atoms with Crippen LogP contribution in [-0.2, 0) is 11.3 Å². The normalized spacial score (nSPS) is 15.9. The quantitative estimate of drug-likeness (QED) is 0.624. The van der Waals surface area contributed by atoms with Crippen LogP contribution in [0, 0.1) is 5.82 Å². The Morgan fingerprint density at radius 2 is 2.00 bits per heavy atom. The number of carboxylic acid groups (broad SMARTS) is 1. The number of nitrogens with zero attached hydrogens (tertiary/aromatic N) is 4. The topological polar surface area (TPSA) is 99.8 Å². The van der Waals surface area contributed by atoms with Gasteiger partial charge in [-0.3, -0.25) is 4.99 Å². The van der Waals surface area contributed by atoms with Gasteiger partial charge >= 0.3 is 5.97 Å². The highest BCUT2D eigenvalue weighted by Crippen LogP contribution is 2.34. The standard InChI is InChI=1S/C23H15ClFN5O2/c24-13-5-6-14-16(9-13)21(15-3-1-2-4-17(15)25)26-10-12-11-27-23(30-20(12)14)29-19-8-7-18(28-19)22(31)32/h1-7,9,11H,8,10H2,(H,31,32)(H,27,28,29,30). The van der Waals surface area contributed by atoms with E-state index in [9.17, 15) is 9.18 Å². The fraction of sp³-hybridized carbons (Fsp3) is 0.0870. The number of amidine groups is 1. The lowest BCUT2D eigenvalue weighted by atomic mass is 9.95. The fourth-order valence-electron chi connectivity index (χ4n) is 3.64. The minimum Gasteiger partial charge on any atom is -0.477 e. The van der Waals surface area contributed by atoms with Gasteiger partial charge in [0, 0.05) is 39.9 Å². The van der Waals surface area contributed by atoms with Crippen LogP contribution in [0.3, 0.4) is 0 Å². The summed E-state index contributed by atoms with van der Waals surface area (Å²) in [5, 5.41) is 12.3. The van der Waals surface area contributed by atoms with Crippen molar-refractivity contribution in [3.05, 3.63) is 88.0 Å². The lowest BCUT2D eigenvalue weighted by Gasteiger charge is -2.12. The molecule has 9 heteroatoms. The van der Waals surface area contributed by atoms with Crippen molar-refractivity contribution in [2.24, 2.45) is 9.98 Å². The Kier molecular flexibility index (Phi) is 4.99. The molecule has 0 saturated carbocycles. The molecule has 0 saturated heterocycles. The lowest BCUT2D eigenvalue weighted by molar-refractivity contribution is -0.132. The van der Waals surface area contributed by atoms with Crippen molar-refractivity contribution in [3.8, 4) is 11.3 Å². The number of carbonyl (C=O) groups is 1. The first-order chi connectivity index (χ1) is 15.5. The Morgan fingerprint density at radius 3 is 2.78 bits per heavy atom. The van der Waals surface area contributed by atoms with Gasteiger partial charge < -0.3 is 10.4 Å². The Hall–Kier alpha value is -3.91. The third-order valence-electron chi connectivity index (χ3n) is 5.12. The molecule has 2 aliphatic rings. The van der Waals surface area contributed by atoms with E-state index in [-0.39, 0.29) is 24.0 Å². The predicted molar refractivity (Wildman–Crippen MR) is 119 cm³/mol. The zero-order valence-corrected chi connectivity index (χ0v) is 17.3. The number of aliphatic imine (C=N–C) groups is 2. The van der Waals surface area contributed by atoms with E-state index in [0.717, 1.165) is 11.1 Å². The summed E-state index contributed by atoms with van der Waals surface area (Å²) in [6.45, 7) is 0.255. The number of aromatic nitrogens is 2. The van der Waals surface area contributed by atoms with Crippen LogP contribution >= 0.6 is 11.6 Å². The van der Waals surface area contributed by atoms with Crippen LogP contribution in [0.1, 0.15) is 23.1 Å². The van der Waals surface area contributed by atoms with Crippen molar-refractivity contribution >= 4 is 35.1 Å². The van der Waals surface area contributed by atoms with Crippen LogP contribution in [0.5, 0.6) is 0 Å². The SMILES string of the molecule is O=C(O)C1=CCC(=Nc2ncc3c(n2)-c2ccc(Cl)cc2C(c2ccccc2F)=NC3)N1. The Bertz CT molecular complexity index is 1370. The van der Waals surface area contributed by atoms with Crippen molar-refractivity contribution in [2.45, 2.75) is 13.0 Å². The molecule has 0 unspecified atom stereocenters. The molecule has 2 aliphatic heterocycles. The summed E-state index contributed by atoms with van der Waals surface area (Å²) in [4.78, 5) is 29.0. The molecule has 2 aromatic carbocycles. The summed E-state index contributed by atoms with van der Waals surface area (Å²) < 4.78 is 14.6. The molecule has 2 N–H and O–H groups in total. The van der Waals surface area contributed by atoms with Gasteiger partial charge in [0.15, 0.2) is 0 Å². The van der Waals surface area contributed by atoms with Crippen LogP contribution in [-0.4, -0.2) is 32.6 Å². The Labute approximate surface area is 187 Å². The van der Waals surface area contributed by atoms with Gasteiger partial charge in [0.2, 0.25) is 0 Å². The summed E-state index contributed by atoms with van der Waals surface area (Å²) in [5.41, 5.74) is 3.70. The second-order valence-electron chi connectivity index (χ2n) is 7.19. The summed E-state index contributed by atoms with van der Waals surface area (Å²) in [6.07, 6.45) is 3.51. The predicted octanol–water partition coefficient (Wildman–Crippen LogP) is 4.28. The van der Waals surface area contributed by atoms with Gasteiger partial charge in [0.1, 0.15) is 17.3 Å². The molecule has 158 valence electrons. The maximum atomic E-state index is 14.6. The third-order valence-corrected chi connectivity index (χ3v) is 5.36. The van der Waals surface area contributed by atoms with Crippen LogP contribution in [0.2, 0.25) is 5.02 Å². The maximum Gasteiger partial charge on any atom is 0.352 e. The first-order valence-electron chi connectivity index (χ1n) is 9.73. The molecule has 32 heavy (non-hydrogen) atoms. The number of rotatable bonds is 3. The largest absolute Gasteiger partial charge is 0.477 e. The van der Waals surface area contributed by atoms with E-state index in [1.807, 2.05) is 6.07 Å². The molecule has 0 fully saturated rings. The van der Waals surface area contributed by atoms with Gasteiger partial charge in [-0.1, -0.05) is 29.8 Å². The Morgan fingerprint density at radius 1 is 1.16 bits per heavy atom. The molecule has 3 aromatic rings. The zero-order valence-electron chi connectivity index (χ0n) is 16.5. The van der Waals surface area contributed by atoms with Crippen molar-refractivity contribution in [3.63, 3.8) is 0 Å². The molecule has 0 bridgehead atoms. The first kappa shape index (κ1) is 20.0. The Balaban J connectivity index is 1.60. The maximum absolute atomic E-state index is 14.6. The molecule has 0 aliphatic carbocycles. The molecule has 3 heterocycles. The summed E-state index contributed by atoms with van der Waals surface area (Å²) in [7, 11) is 0. The van der Waals surface area contributed by atoms with E-state index >= 15 is 0 Å². The molecular formula is C23H15ClFN5O2. The van der Waals surface area contributed by atoms with Gasteiger partial charge in [0.25, 0.3) is 5.95 Å². The van der Waals surface area contributed by atoms with Gasteiger partial charge in [-0.05, 0) is 30.3 Å². The van der Waals surface area contributed by atoms with Crippen LogP contribution < -0.4 is 5.32 Å². The molecule has 1 aromatic heterocycles. The third kappa shape index (κ3) is 3.65. The molecule has 7 nitrogen and oxygen atoms in total. The average molecular weight is 448 g/mol. The van der Waals surface area contributed by atoms with E-state index in [1.165, 1.54) is 12.1 Å². The van der Waals surface area contributed by atoms with Crippen LogP contribution in [0.25, 0.3) is 11.3 Å².